The van der Waals surface area contributed by atoms with Crippen molar-refractivity contribution in [2.75, 3.05) is 14.2 Å². The van der Waals surface area contributed by atoms with Crippen molar-refractivity contribution in [1.29, 1.82) is 0 Å². The van der Waals surface area contributed by atoms with Gasteiger partial charge in [0.1, 0.15) is 17.2 Å². The number of carbonyl (C=O) groups is 1. The number of hydrogen-bond donors (Lipinski definition) is 0. The number of ketones is 1. The fraction of sp³-hybridized carbons (Fsp3) is 0.136. The summed E-state index contributed by atoms with van der Waals surface area (Å²) < 4.78 is 16.9. The van der Waals surface area contributed by atoms with Crippen molar-refractivity contribution in [2.45, 2.75) is 6.10 Å². The average Bonchev–Trinajstić information content (AvgIpc) is 2.73. The van der Waals surface area contributed by atoms with Gasteiger partial charge in [-0.05, 0) is 0 Å². The van der Waals surface area contributed by atoms with Crippen LogP contribution in [0, 0.1) is 0 Å². The summed E-state index contributed by atoms with van der Waals surface area (Å²) in [7, 11) is 5.75. The first-order chi connectivity index (χ1) is 13.1. The van der Waals surface area contributed by atoms with E-state index in [1.165, 1.54) is 0 Å². The minimum absolute atomic E-state index is 0. The SMILES string of the molecule is COc1cc(OC(C(=O)c2ccccc2)c2ccccc2)cc(OC)c1P.[LiH]. The van der Waals surface area contributed by atoms with Crippen molar-refractivity contribution >= 4 is 39.2 Å². The first kappa shape index (κ1) is 22.1. The van der Waals surface area contributed by atoms with Gasteiger partial charge in [-0.1, -0.05) is 69.9 Å². The molecular formula is C22H22LiO4P. The first-order valence-electron chi connectivity index (χ1n) is 8.46. The summed E-state index contributed by atoms with van der Waals surface area (Å²) in [5.41, 5.74) is 1.37. The van der Waals surface area contributed by atoms with Crippen LogP contribution in [0.15, 0.2) is 72.8 Å². The van der Waals surface area contributed by atoms with Crippen LogP contribution in [0.2, 0.25) is 0 Å². The zero-order valence-electron chi connectivity index (χ0n) is 15.2. The van der Waals surface area contributed by atoms with Crippen LogP contribution in [0.1, 0.15) is 22.0 Å². The third-order valence-electron chi connectivity index (χ3n) is 4.17. The standard InChI is InChI=1S/C22H21O4P.Li.H/c1-24-18-13-17(14-19(25-2)22(18)27)26-21(16-11-7-4-8-12-16)20(23)15-9-5-3-6-10-15;;/h3-14,21H,27H2,1-2H3;;. The number of rotatable bonds is 7. The summed E-state index contributed by atoms with van der Waals surface area (Å²) in [5.74, 6) is 1.59. The Labute approximate surface area is 179 Å². The van der Waals surface area contributed by atoms with E-state index in [9.17, 15) is 4.79 Å². The topological polar surface area (TPSA) is 44.8 Å². The van der Waals surface area contributed by atoms with Gasteiger partial charge in [0, 0.05) is 23.3 Å². The van der Waals surface area contributed by atoms with Gasteiger partial charge in [-0.3, -0.25) is 4.79 Å². The molecule has 2 atom stereocenters. The number of hydrogen-bond acceptors (Lipinski definition) is 4. The van der Waals surface area contributed by atoms with Crippen LogP contribution < -0.4 is 19.5 Å². The number of Topliss-reactive ketones (excluding diaryl/α,β-unsaturated/α-hetero) is 1. The van der Waals surface area contributed by atoms with E-state index in [0.29, 0.717) is 22.8 Å². The molecule has 0 saturated carbocycles. The molecule has 3 aromatic carbocycles. The van der Waals surface area contributed by atoms with Gasteiger partial charge < -0.3 is 14.2 Å². The molecule has 0 heterocycles. The third-order valence-corrected chi connectivity index (χ3v) is 4.74. The second-order valence-electron chi connectivity index (χ2n) is 5.88. The zero-order valence-corrected chi connectivity index (χ0v) is 16.4. The quantitative estimate of drug-likeness (QED) is 0.353. The van der Waals surface area contributed by atoms with Gasteiger partial charge in [0.25, 0.3) is 0 Å². The second-order valence-corrected chi connectivity index (χ2v) is 6.46. The van der Waals surface area contributed by atoms with Gasteiger partial charge in [0.15, 0.2) is 6.10 Å². The zero-order chi connectivity index (χ0) is 19.2. The molecule has 0 amide bonds. The Morgan fingerprint density at radius 2 is 1.36 bits per heavy atom. The number of carbonyl (C=O) groups excluding carboxylic acids is 1. The summed E-state index contributed by atoms with van der Waals surface area (Å²) in [6, 6.07) is 22.1. The summed E-state index contributed by atoms with van der Waals surface area (Å²) in [5, 5.41) is 0.790. The van der Waals surface area contributed by atoms with E-state index < -0.39 is 6.10 Å². The van der Waals surface area contributed by atoms with E-state index >= 15 is 0 Å². The van der Waals surface area contributed by atoms with Gasteiger partial charge in [-0.2, -0.15) is 0 Å². The molecule has 0 aliphatic carbocycles. The normalized spacial score (nSPS) is 11.1. The van der Waals surface area contributed by atoms with Crippen molar-refractivity contribution in [3.63, 3.8) is 0 Å². The third kappa shape index (κ3) is 4.97. The van der Waals surface area contributed by atoms with Crippen molar-refractivity contribution in [2.24, 2.45) is 0 Å². The van der Waals surface area contributed by atoms with Gasteiger partial charge in [-0.25, -0.2) is 0 Å². The molecular weight excluding hydrogens is 366 g/mol. The molecule has 0 radical (unpaired) electrons. The second kappa shape index (κ2) is 10.3. The predicted octanol–water partition coefficient (Wildman–Crippen LogP) is 3.56. The first-order valence-corrected chi connectivity index (χ1v) is 9.04. The Balaban J connectivity index is 0.00000280. The molecule has 0 fully saturated rings. The molecule has 140 valence electrons. The van der Waals surface area contributed by atoms with E-state index in [4.69, 9.17) is 14.2 Å². The van der Waals surface area contributed by atoms with Crippen LogP contribution in [0.5, 0.6) is 17.2 Å². The molecule has 0 spiro atoms. The number of methoxy groups -OCH3 is 2. The average molecular weight is 388 g/mol. The molecule has 0 aliphatic rings. The van der Waals surface area contributed by atoms with E-state index in [0.717, 1.165) is 10.9 Å². The molecule has 2 unspecified atom stereocenters. The molecule has 0 aliphatic heterocycles. The fourth-order valence-corrected chi connectivity index (χ4v) is 3.18. The molecule has 0 aromatic heterocycles. The van der Waals surface area contributed by atoms with E-state index in [1.807, 2.05) is 48.5 Å². The van der Waals surface area contributed by atoms with Crippen LogP contribution in [0.25, 0.3) is 0 Å². The summed E-state index contributed by atoms with van der Waals surface area (Å²) in [6.07, 6.45) is -0.779. The molecule has 6 heteroatoms. The molecule has 28 heavy (non-hydrogen) atoms. The van der Waals surface area contributed by atoms with Gasteiger partial charge in [-0.15, -0.1) is 0 Å². The van der Waals surface area contributed by atoms with E-state index in [1.54, 1.807) is 38.5 Å². The molecule has 0 saturated heterocycles. The van der Waals surface area contributed by atoms with Gasteiger partial charge in [0.05, 0.1) is 19.5 Å². The molecule has 3 rings (SSSR count). The summed E-state index contributed by atoms with van der Waals surface area (Å²) >= 11 is 0. The Bertz CT molecular complexity index is 891. The monoisotopic (exact) mass is 388 g/mol. The maximum absolute atomic E-state index is 13.1. The predicted molar refractivity (Wildman–Crippen MR) is 117 cm³/mol. The van der Waals surface area contributed by atoms with Crippen LogP contribution in [-0.2, 0) is 0 Å². The van der Waals surface area contributed by atoms with Crippen molar-refractivity contribution in [3.8, 4) is 17.2 Å². The van der Waals surface area contributed by atoms with Crippen LogP contribution in [0.3, 0.4) is 0 Å². The molecule has 4 nitrogen and oxygen atoms in total. The molecule has 0 bridgehead atoms. The Morgan fingerprint density at radius 1 is 0.857 bits per heavy atom. The van der Waals surface area contributed by atoms with Crippen LogP contribution in [-0.4, -0.2) is 38.9 Å². The number of ether oxygens (including phenoxy) is 3. The Morgan fingerprint density at radius 3 is 1.86 bits per heavy atom. The van der Waals surface area contributed by atoms with Gasteiger partial charge >= 0.3 is 18.9 Å². The van der Waals surface area contributed by atoms with Gasteiger partial charge in [0.2, 0.25) is 5.78 Å². The fourth-order valence-electron chi connectivity index (χ4n) is 2.77. The van der Waals surface area contributed by atoms with Crippen molar-refractivity contribution < 1.29 is 19.0 Å². The van der Waals surface area contributed by atoms with Crippen LogP contribution in [0.4, 0.5) is 0 Å². The molecule has 0 N–H and O–H groups in total. The maximum atomic E-state index is 13.1. The summed E-state index contributed by atoms with van der Waals surface area (Å²) in [6.45, 7) is 0. The Kier molecular flexibility index (Phi) is 8.14. The summed E-state index contributed by atoms with van der Waals surface area (Å²) in [4.78, 5) is 13.1. The number of benzene rings is 3. The minimum atomic E-state index is -0.779. The molecule has 3 aromatic rings. The van der Waals surface area contributed by atoms with E-state index in [2.05, 4.69) is 9.24 Å². The Hall–Kier alpha value is -2.24. The van der Waals surface area contributed by atoms with Crippen molar-refractivity contribution in [1.82, 2.24) is 0 Å². The van der Waals surface area contributed by atoms with Crippen LogP contribution >= 0.6 is 9.24 Å². The van der Waals surface area contributed by atoms with E-state index in [-0.39, 0.29) is 24.6 Å². The van der Waals surface area contributed by atoms with Crippen molar-refractivity contribution in [3.05, 3.63) is 83.9 Å².